The van der Waals surface area contributed by atoms with E-state index in [-0.39, 0.29) is 18.2 Å². The van der Waals surface area contributed by atoms with Crippen molar-refractivity contribution < 1.29 is 18.7 Å². The van der Waals surface area contributed by atoms with Crippen molar-refractivity contribution in [2.75, 3.05) is 11.9 Å². The monoisotopic (exact) mass is 463 g/mol. The second-order valence-electron chi connectivity index (χ2n) is 7.45. The van der Waals surface area contributed by atoms with Crippen LogP contribution in [0, 0.1) is 18.2 Å². The second kappa shape index (κ2) is 9.70. The number of nitrogens with one attached hydrogen (secondary N) is 2. The van der Waals surface area contributed by atoms with Crippen LogP contribution in [0.15, 0.2) is 72.8 Å². The van der Waals surface area contributed by atoms with Gasteiger partial charge in [0, 0.05) is 21.8 Å². The number of rotatable bonds is 7. The number of aryl methyl sites for hydroxylation is 1. The maximum Gasteiger partial charge on any atom is 0.411 e. The lowest BCUT2D eigenvalue weighted by Crippen LogP contribution is -2.21. The average molecular weight is 464 g/mol. The number of carbonyl (C=O) groups excluding carboxylic acids is 1. The molecule has 0 aliphatic rings. The van der Waals surface area contributed by atoms with E-state index in [4.69, 9.17) is 20.6 Å². The molecule has 0 spiro atoms. The van der Waals surface area contributed by atoms with Crippen LogP contribution < -0.4 is 15.8 Å². The van der Waals surface area contributed by atoms with Crippen LogP contribution in [0.5, 0.6) is 5.75 Å². The summed E-state index contributed by atoms with van der Waals surface area (Å²) in [4.78, 5) is 12.9. The molecule has 0 bridgehead atoms. The van der Waals surface area contributed by atoms with Crippen LogP contribution in [0.1, 0.15) is 22.1 Å². The second-order valence-corrected chi connectivity index (χ2v) is 8.53. The van der Waals surface area contributed by atoms with Crippen LogP contribution in [0.25, 0.3) is 10.1 Å². The fourth-order valence-corrected chi connectivity index (χ4v) is 4.23. The predicted molar refractivity (Wildman–Crippen MR) is 129 cm³/mol. The fraction of sp³-hybridized carbons (Fsp3) is 0.120. The molecule has 0 radical (unpaired) electrons. The molecule has 1 aromatic heterocycles. The Balaban J connectivity index is 1.56. The lowest BCUT2D eigenvalue weighted by molar-refractivity contribution is 0.0908. The van der Waals surface area contributed by atoms with E-state index in [0.717, 1.165) is 11.1 Å². The van der Waals surface area contributed by atoms with Crippen LogP contribution in [0.3, 0.4) is 0 Å². The first-order chi connectivity index (χ1) is 15.9. The van der Waals surface area contributed by atoms with Gasteiger partial charge in [0.1, 0.15) is 24.0 Å². The van der Waals surface area contributed by atoms with Crippen molar-refractivity contribution in [2.24, 2.45) is 5.73 Å². The Morgan fingerprint density at radius 3 is 2.55 bits per heavy atom. The average Bonchev–Trinajstić information content (AvgIpc) is 3.23. The smallest absolute Gasteiger partial charge is 0.411 e. The summed E-state index contributed by atoms with van der Waals surface area (Å²) in [5.74, 6) is -0.289. The quantitative estimate of drug-likeness (QED) is 0.231. The van der Waals surface area contributed by atoms with E-state index in [2.05, 4.69) is 5.32 Å². The molecule has 4 aromatic rings. The Hall–Kier alpha value is -3.91. The minimum atomic E-state index is -0.680. The molecule has 4 N–H and O–H groups in total. The van der Waals surface area contributed by atoms with E-state index in [1.54, 1.807) is 18.2 Å². The largest absolute Gasteiger partial charge is 0.481 e. The van der Waals surface area contributed by atoms with Gasteiger partial charge in [-0.2, -0.15) is 0 Å². The van der Waals surface area contributed by atoms with Crippen LogP contribution in [-0.2, 0) is 4.74 Å². The number of halogens is 1. The predicted octanol–water partition coefficient (Wildman–Crippen LogP) is 6.00. The SMILES string of the molecule is Cc1ccc(NC(=O)OCC(Oc2cc(F)cc3sc(C(=N)N)cc23)c2ccccc2)cc1. The lowest BCUT2D eigenvalue weighted by atomic mass is 10.1. The molecule has 0 aliphatic carbocycles. The van der Waals surface area contributed by atoms with E-state index < -0.39 is 18.0 Å². The maximum atomic E-state index is 14.3. The summed E-state index contributed by atoms with van der Waals surface area (Å²) in [6, 6.07) is 20.9. The zero-order valence-electron chi connectivity index (χ0n) is 17.8. The minimum Gasteiger partial charge on any atom is -0.481 e. The molecule has 33 heavy (non-hydrogen) atoms. The summed E-state index contributed by atoms with van der Waals surface area (Å²) in [7, 11) is 0. The molecule has 1 unspecified atom stereocenters. The number of hydrogen-bond acceptors (Lipinski definition) is 5. The van der Waals surface area contributed by atoms with Crippen molar-refractivity contribution in [2.45, 2.75) is 13.0 Å². The number of thiophene rings is 1. The number of amidine groups is 1. The number of nitrogens with two attached hydrogens (primary N) is 1. The Labute approximate surface area is 194 Å². The van der Waals surface area contributed by atoms with Gasteiger partial charge in [-0.1, -0.05) is 48.0 Å². The van der Waals surface area contributed by atoms with E-state index in [1.165, 1.54) is 23.5 Å². The summed E-state index contributed by atoms with van der Waals surface area (Å²) < 4.78 is 26.5. The Kier molecular flexibility index (Phi) is 6.55. The first-order valence-electron chi connectivity index (χ1n) is 10.2. The lowest BCUT2D eigenvalue weighted by Gasteiger charge is -2.20. The first kappa shape index (κ1) is 22.3. The minimum absolute atomic E-state index is 0.0938. The Morgan fingerprint density at radius 2 is 1.85 bits per heavy atom. The van der Waals surface area contributed by atoms with Gasteiger partial charge in [-0.25, -0.2) is 9.18 Å². The molecule has 0 saturated carbocycles. The highest BCUT2D eigenvalue weighted by Crippen LogP contribution is 2.36. The highest BCUT2D eigenvalue weighted by molar-refractivity contribution is 7.20. The van der Waals surface area contributed by atoms with Crippen LogP contribution in [0.4, 0.5) is 14.9 Å². The van der Waals surface area contributed by atoms with Crippen molar-refractivity contribution in [3.63, 3.8) is 0 Å². The number of anilines is 1. The Morgan fingerprint density at radius 1 is 1.12 bits per heavy atom. The van der Waals surface area contributed by atoms with Gasteiger partial charge in [0.2, 0.25) is 0 Å². The summed E-state index contributed by atoms with van der Waals surface area (Å²) in [6.45, 7) is 1.86. The highest BCUT2D eigenvalue weighted by atomic mass is 32.1. The van der Waals surface area contributed by atoms with E-state index in [1.807, 2.05) is 49.4 Å². The zero-order valence-corrected chi connectivity index (χ0v) is 18.6. The van der Waals surface area contributed by atoms with Crippen LogP contribution >= 0.6 is 11.3 Å². The van der Waals surface area contributed by atoms with Gasteiger partial charge in [-0.05, 0) is 36.8 Å². The molecule has 1 heterocycles. The number of carbonyl (C=O) groups is 1. The molecular formula is C25H22FN3O3S. The molecular weight excluding hydrogens is 441 g/mol. The topological polar surface area (TPSA) is 97.4 Å². The number of benzene rings is 3. The van der Waals surface area contributed by atoms with Crippen LogP contribution in [-0.4, -0.2) is 18.5 Å². The van der Waals surface area contributed by atoms with Crippen molar-refractivity contribution in [1.29, 1.82) is 5.41 Å². The van der Waals surface area contributed by atoms with E-state index >= 15 is 0 Å². The third-order valence-electron chi connectivity index (χ3n) is 4.93. The van der Waals surface area contributed by atoms with E-state index in [0.29, 0.717) is 20.7 Å². The van der Waals surface area contributed by atoms with Gasteiger partial charge in [0.05, 0.1) is 4.88 Å². The van der Waals surface area contributed by atoms with Crippen molar-refractivity contribution >= 4 is 39.0 Å². The Bertz CT molecular complexity index is 1290. The van der Waals surface area contributed by atoms with Gasteiger partial charge in [0.15, 0.2) is 6.10 Å². The summed E-state index contributed by atoms with van der Waals surface area (Å²) in [5, 5.41) is 11.0. The van der Waals surface area contributed by atoms with Crippen molar-refractivity contribution in [1.82, 2.24) is 0 Å². The molecule has 8 heteroatoms. The zero-order chi connectivity index (χ0) is 23.4. The van der Waals surface area contributed by atoms with Crippen LogP contribution in [0.2, 0.25) is 0 Å². The molecule has 0 aliphatic heterocycles. The molecule has 6 nitrogen and oxygen atoms in total. The number of fused-ring (bicyclic) bond motifs is 1. The van der Waals surface area contributed by atoms with Crippen molar-refractivity contribution in [3.8, 4) is 5.75 Å². The van der Waals surface area contributed by atoms with Gasteiger partial charge >= 0.3 is 6.09 Å². The van der Waals surface area contributed by atoms with Crippen molar-refractivity contribution in [3.05, 3.63) is 94.6 Å². The fourth-order valence-electron chi connectivity index (χ4n) is 3.27. The highest BCUT2D eigenvalue weighted by Gasteiger charge is 2.20. The number of ether oxygens (including phenoxy) is 2. The summed E-state index contributed by atoms with van der Waals surface area (Å²) in [5.41, 5.74) is 8.06. The molecule has 0 fully saturated rings. The third kappa shape index (κ3) is 5.48. The van der Waals surface area contributed by atoms with E-state index in [9.17, 15) is 9.18 Å². The molecule has 0 saturated heterocycles. The standard InChI is InChI=1S/C25H22FN3O3S/c1-15-7-9-18(10-8-15)29-25(30)31-14-21(16-5-3-2-4-6-16)32-20-11-17(26)12-22-19(20)13-23(33-22)24(27)28/h2-13,21H,14H2,1H3,(H3,27,28)(H,29,30). The van der Waals surface area contributed by atoms with Gasteiger partial charge in [0.25, 0.3) is 0 Å². The maximum absolute atomic E-state index is 14.3. The van der Waals surface area contributed by atoms with Gasteiger partial charge in [-0.3, -0.25) is 10.7 Å². The molecule has 1 amide bonds. The summed E-state index contributed by atoms with van der Waals surface area (Å²) in [6.07, 6.45) is -1.30. The number of nitrogen functional groups attached to an aromatic ring is 1. The number of hydrogen-bond donors (Lipinski definition) is 3. The number of amides is 1. The first-order valence-corrected chi connectivity index (χ1v) is 11.0. The molecule has 168 valence electrons. The molecule has 3 aromatic carbocycles. The van der Waals surface area contributed by atoms with Gasteiger partial charge in [-0.15, -0.1) is 11.3 Å². The molecule has 1 atom stereocenters. The molecule has 4 rings (SSSR count). The van der Waals surface area contributed by atoms with Gasteiger partial charge < -0.3 is 15.2 Å². The normalized spacial score (nSPS) is 11.7. The summed E-state index contributed by atoms with van der Waals surface area (Å²) >= 11 is 1.21. The third-order valence-corrected chi connectivity index (χ3v) is 6.05.